The van der Waals surface area contributed by atoms with Gasteiger partial charge in [-0.15, -0.1) is 0 Å². The van der Waals surface area contributed by atoms with E-state index in [-0.39, 0.29) is 0 Å². The molecule has 0 aliphatic carbocycles. The van der Waals surface area contributed by atoms with E-state index in [1.165, 1.54) is 0 Å². The highest BCUT2D eigenvalue weighted by atomic mass is 79.9. The van der Waals surface area contributed by atoms with E-state index < -0.39 is 5.60 Å². The van der Waals surface area contributed by atoms with E-state index in [1.54, 1.807) is 12.4 Å². The molecular formula is C11H15BrN2O. The summed E-state index contributed by atoms with van der Waals surface area (Å²) in [5, 5.41) is 13.6. The zero-order chi connectivity index (χ0) is 10.7. The van der Waals surface area contributed by atoms with Crippen LogP contribution in [0.25, 0.3) is 0 Å². The van der Waals surface area contributed by atoms with Gasteiger partial charge in [-0.1, -0.05) is 0 Å². The quantitative estimate of drug-likeness (QED) is 0.856. The van der Waals surface area contributed by atoms with E-state index in [2.05, 4.69) is 26.2 Å². The van der Waals surface area contributed by atoms with Gasteiger partial charge in [0.2, 0.25) is 0 Å². The Morgan fingerprint density at radius 3 is 2.87 bits per heavy atom. The maximum absolute atomic E-state index is 10.4. The second kappa shape index (κ2) is 4.60. The third kappa shape index (κ3) is 2.77. The number of aliphatic hydroxyl groups is 1. The number of pyridine rings is 1. The topological polar surface area (TPSA) is 45.2 Å². The van der Waals surface area contributed by atoms with Crippen LogP contribution >= 0.6 is 15.9 Å². The molecule has 1 aromatic rings. The molecule has 4 heteroatoms. The first-order chi connectivity index (χ1) is 7.20. The highest BCUT2D eigenvalue weighted by Gasteiger charge is 2.29. The minimum absolute atomic E-state index is 0.547. The highest BCUT2D eigenvalue weighted by Crippen LogP contribution is 2.26. The van der Waals surface area contributed by atoms with Crippen molar-refractivity contribution in [3.63, 3.8) is 0 Å². The minimum Gasteiger partial charge on any atom is -0.389 e. The molecule has 82 valence electrons. The van der Waals surface area contributed by atoms with Crippen LogP contribution in [0.3, 0.4) is 0 Å². The lowest BCUT2D eigenvalue weighted by Gasteiger charge is -2.32. The van der Waals surface area contributed by atoms with Crippen molar-refractivity contribution in [1.29, 1.82) is 0 Å². The summed E-state index contributed by atoms with van der Waals surface area (Å²) in [5.41, 5.74) is 0.587. The number of halogens is 1. The number of rotatable bonds is 2. The molecule has 1 fully saturated rings. The molecule has 0 radical (unpaired) electrons. The lowest BCUT2D eigenvalue weighted by Crippen LogP contribution is -2.43. The highest BCUT2D eigenvalue weighted by molar-refractivity contribution is 9.10. The van der Waals surface area contributed by atoms with Gasteiger partial charge in [0.05, 0.1) is 5.60 Å². The number of nitrogens with one attached hydrogen (secondary N) is 1. The van der Waals surface area contributed by atoms with E-state index in [0.717, 1.165) is 36.0 Å². The maximum atomic E-state index is 10.4. The molecule has 0 bridgehead atoms. The van der Waals surface area contributed by atoms with Crippen molar-refractivity contribution < 1.29 is 5.11 Å². The first-order valence-corrected chi connectivity index (χ1v) is 6.00. The van der Waals surface area contributed by atoms with Crippen LogP contribution in [0.4, 0.5) is 0 Å². The third-order valence-electron chi connectivity index (χ3n) is 2.91. The van der Waals surface area contributed by atoms with Gasteiger partial charge in [0.15, 0.2) is 0 Å². The number of hydrogen-bond donors (Lipinski definition) is 2. The molecule has 1 aromatic heterocycles. The summed E-state index contributed by atoms with van der Waals surface area (Å²) in [6.45, 7) is 1.80. The van der Waals surface area contributed by atoms with Gasteiger partial charge in [-0.2, -0.15) is 0 Å². The van der Waals surface area contributed by atoms with Gasteiger partial charge in [-0.3, -0.25) is 4.98 Å². The van der Waals surface area contributed by atoms with Gasteiger partial charge in [-0.05, 0) is 53.5 Å². The van der Waals surface area contributed by atoms with E-state index in [9.17, 15) is 5.11 Å². The second-order valence-corrected chi connectivity index (χ2v) is 4.97. The number of piperidine rings is 1. The Kier molecular flexibility index (Phi) is 3.38. The molecule has 0 saturated carbocycles. The molecule has 1 saturated heterocycles. The van der Waals surface area contributed by atoms with Gasteiger partial charge >= 0.3 is 0 Å². The molecule has 2 rings (SSSR count). The molecule has 0 amide bonds. The number of nitrogens with zero attached hydrogens (tertiary/aromatic N) is 1. The maximum Gasteiger partial charge on any atom is 0.0712 e. The standard InChI is InChI=1S/C11H15BrN2O/c12-10-8-14-4-1-9(10)7-11(15)2-5-13-6-3-11/h1,4,8,13,15H,2-3,5-7H2. The fourth-order valence-electron chi connectivity index (χ4n) is 1.97. The van der Waals surface area contributed by atoms with Crippen molar-refractivity contribution in [2.45, 2.75) is 24.9 Å². The van der Waals surface area contributed by atoms with Crippen LogP contribution in [-0.2, 0) is 6.42 Å². The second-order valence-electron chi connectivity index (χ2n) is 4.12. The van der Waals surface area contributed by atoms with Gasteiger partial charge in [0.1, 0.15) is 0 Å². The fourth-order valence-corrected chi connectivity index (χ4v) is 2.36. The smallest absolute Gasteiger partial charge is 0.0712 e. The third-order valence-corrected chi connectivity index (χ3v) is 3.62. The Balaban J connectivity index is 2.10. The molecule has 0 spiro atoms. The summed E-state index contributed by atoms with van der Waals surface area (Å²) in [5.74, 6) is 0. The zero-order valence-corrected chi connectivity index (χ0v) is 10.1. The van der Waals surface area contributed by atoms with Crippen LogP contribution < -0.4 is 5.32 Å². The minimum atomic E-state index is -0.547. The SMILES string of the molecule is OC1(Cc2ccncc2Br)CCNCC1. The Morgan fingerprint density at radius 1 is 1.47 bits per heavy atom. The van der Waals surface area contributed by atoms with Crippen LogP contribution in [0.5, 0.6) is 0 Å². The molecule has 1 aliphatic rings. The van der Waals surface area contributed by atoms with Crippen LogP contribution in [0.2, 0.25) is 0 Å². The van der Waals surface area contributed by atoms with Crippen molar-refractivity contribution >= 4 is 15.9 Å². The van der Waals surface area contributed by atoms with Crippen LogP contribution in [0.1, 0.15) is 18.4 Å². The average Bonchev–Trinajstić information content (AvgIpc) is 2.22. The summed E-state index contributed by atoms with van der Waals surface area (Å²) in [4.78, 5) is 4.02. The van der Waals surface area contributed by atoms with E-state index in [0.29, 0.717) is 6.42 Å². The van der Waals surface area contributed by atoms with E-state index in [4.69, 9.17) is 0 Å². The number of hydrogen-bond acceptors (Lipinski definition) is 3. The molecule has 2 N–H and O–H groups in total. The Bertz CT molecular complexity index is 337. The van der Waals surface area contributed by atoms with Crippen LogP contribution in [0, 0.1) is 0 Å². The van der Waals surface area contributed by atoms with E-state index in [1.807, 2.05) is 6.07 Å². The molecule has 0 aromatic carbocycles. The normalized spacial score (nSPS) is 20.1. The average molecular weight is 271 g/mol. The summed E-state index contributed by atoms with van der Waals surface area (Å²) >= 11 is 3.46. The van der Waals surface area contributed by atoms with Crippen molar-refractivity contribution in [1.82, 2.24) is 10.3 Å². The Labute approximate surface area is 98.0 Å². The zero-order valence-electron chi connectivity index (χ0n) is 8.54. The van der Waals surface area contributed by atoms with Gasteiger partial charge in [0, 0.05) is 23.3 Å². The van der Waals surface area contributed by atoms with Gasteiger partial charge in [0.25, 0.3) is 0 Å². The van der Waals surface area contributed by atoms with Crippen molar-refractivity contribution in [3.05, 3.63) is 28.5 Å². The summed E-state index contributed by atoms with van der Waals surface area (Å²) in [6, 6.07) is 1.96. The summed E-state index contributed by atoms with van der Waals surface area (Å²) in [6.07, 6.45) is 5.89. The van der Waals surface area contributed by atoms with Gasteiger partial charge < -0.3 is 10.4 Å². The molecule has 0 atom stereocenters. The first kappa shape index (κ1) is 11.0. The summed E-state index contributed by atoms with van der Waals surface area (Å²) in [7, 11) is 0. The first-order valence-electron chi connectivity index (χ1n) is 5.21. The fraction of sp³-hybridized carbons (Fsp3) is 0.545. The van der Waals surface area contributed by atoms with Crippen molar-refractivity contribution in [2.24, 2.45) is 0 Å². The molecule has 0 unspecified atom stereocenters. The molecule has 1 aliphatic heterocycles. The number of aromatic nitrogens is 1. The lowest BCUT2D eigenvalue weighted by atomic mass is 9.86. The molecular weight excluding hydrogens is 256 g/mol. The molecule has 2 heterocycles. The van der Waals surface area contributed by atoms with Crippen molar-refractivity contribution in [2.75, 3.05) is 13.1 Å². The van der Waals surface area contributed by atoms with E-state index >= 15 is 0 Å². The predicted octanol–water partition coefficient (Wildman–Crippen LogP) is 1.50. The predicted molar refractivity (Wildman–Crippen MR) is 62.7 cm³/mol. The van der Waals surface area contributed by atoms with Crippen LogP contribution in [0.15, 0.2) is 22.9 Å². The Morgan fingerprint density at radius 2 is 2.20 bits per heavy atom. The monoisotopic (exact) mass is 270 g/mol. The van der Waals surface area contributed by atoms with Crippen molar-refractivity contribution in [3.8, 4) is 0 Å². The Hall–Kier alpha value is -0.450. The van der Waals surface area contributed by atoms with Crippen LogP contribution in [-0.4, -0.2) is 28.8 Å². The summed E-state index contributed by atoms with van der Waals surface area (Å²) < 4.78 is 0.983. The largest absolute Gasteiger partial charge is 0.389 e. The van der Waals surface area contributed by atoms with Gasteiger partial charge in [-0.25, -0.2) is 0 Å². The lowest BCUT2D eigenvalue weighted by molar-refractivity contribution is 0.0107. The molecule has 3 nitrogen and oxygen atoms in total. The molecule has 15 heavy (non-hydrogen) atoms.